The van der Waals surface area contributed by atoms with Crippen molar-refractivity contribution in [2.75, 3.05) is 13.2 Å². The molecule has 1 rings (SSSR count). The van der Waals surface area contributed by atoms with Crippen LogP contribution in [0.1, 0.15) is 13.3 Å². The maximum absolute atomic E-state index is 10.3. The van der Waals surface area contributed by atoms with Gasteiger partial charge in [-0.05, 0) is 18.9 Å². The van der Waals surface area contributed by atoms with Crippen LogP contribution in [-0.2, 0) is 9.09 Å². The fourth-order valence-electron chi connectivity index (χ4n) is 1.33. The molecule has 0 aromatic carbocycles. The largest absolute Gasteiger partial charge is 0.469 e. The third-order valence-electron chi connectivity index (χ3n) is 1.89. The van der Waals surface area contributed by atoms with Crippen LogP contribution in [0.25, 0.3) is 0 Å². The number of hydrogen-bond donors (Lipinski definition) is 3. The van der Waals surface area contributed by atoms with Crippen LogP contribution >= 0.6 is 7.82 Å². The number of phosphoric ester groups is 1. The molecule has 5 nitrogen and oxygen atoms in total. The summed E-state index contributed by atoms with van der Waals surface area (Å²) in [5.74, 6) is 0.565. The van der Waals surface area contributed by atoms with Crippen molar-refractivity contribution in [2.45, 2.75) is 19.4 Å². The molecular formula is C6H14NO4P. The number of phosphoric acid groups is 1. The van der Waals surface area contributed by atoms with Gasteiger partial charge < -0.3 is 15.1 Å². The molecule has 1 fully saturated rings. The highest BCUT2D eigenvalue weighted by Crippen LogP contribution is 2.36. The fourth-order valence-corrected chi connectivity index (χ4v) is 1.71. The maximum atomic E-state index is 10.3. The Balaban J connectivity index is 2.21. The zero-order valence-corrected chi connectivity index (χ0v) is 7.83. The lowest BCUT2D eigenvalue weighted by atomic mass is 10.1. The minimum atomic E-state index is -4.28. The molecule has 0 radical (unpaired) electrons. The fraction of sp³-hybridized carbons (Fsp3) is 1.00. The zero-order valence-electron chi connectivity index (χ0n) is 6.93. The summed E-state index contributed by atoms with van der Waals surface area (Å²) in [7, 11) is -4.28. The highest BCUT2D eigenvalue weighted by atomic mass is 31.2. The van der Waals surface area contributed by atoms with E-state index in [0.717, 1.165) is 13.0 Å². The van der Waals surface area contributed by atoms with Crippen LogP contribution < -0.4 is 5.32 Å². The van der Waals surface area contributed by atoms with Crippen molar-refractivity contribution < 1.29 is 18.9 Å². The monoisotopic (exact) mass is 195 g/mol. The van der Waals surface area contributed by atoms with Crippen molar-refractivity contribution in [1.29, 1.82) is 0 Å². The minimum Gasteiger partial charge on any atom is -0.311 e. The summed E-state index contributed by atoms with van der Waals surface area (Å²) in [6.07, 6.45) is 0.917. The molecule has 0 bridgehead atoms. The van der Waals surface area contributed by atoms with Gasteiger partial charge in [0.1, 0.15) is 0 Å². The molecule has 3 N–H and O–H groups in total. The first-order valence-electron chi connectivity index (χ1n) is 3.91. The lowest BCUT2D eigenvalue weighted by molar-refractivity contribution is 0.181. The highest BCUT2D eigenvalue weighted by molar-refractivity contribution is 7.46. The number of hydrogen-bond acceptors (Lipinski definition) is 3. The molecule has 0 aliphatic carbocycles. The third-order valence-corrected chi connectivity index (χ3v) is 2.37. The average Bonchev–Trinajstić information content (AvgIpc) is 2.30. The number of rotatable bonds is 3. The molecule has 2 atom stereocenters. The van der Waals surface area contributed by atoms with E-state index in [4.69, 9.17) is 9.79 Å². The average molecular weight is 195 g/mol. The van der Waals surface area contributed by atoms with Crippen LogP contribution in [0, 0.1) is 5.92 Å². The molecule has 6 heteroatoms. The molecule has 12 heavy (non-hydrogen) atoms. The van der Waals surface area contributed by atoms with Crippen molar-refractivity contribution in [3.05, 3.63) is 0 Å². The second-order valence-electron chi connectivity index (χ2n) is 3.23. The van der Waals surface area contributed by atoms with Crippen LogP contribution in [0.4, 0.5) is 0 Å². The van der Waals surface area contributed by atoms with Gasteiger partial charge in [0.2, 0.25) is 0 Å². The Hall–Kier alpha value is 0.0700. The van der Waals surface area contributed by atoms with Crippen molar-refractivity contribution >= 4 is 7.82 Å². The second kappa shape index (κ2) is 3.85. The molecule has 1 aliphatic heterocycles. The van der Waals surface area contributed by atoms with Crippen LogP contribution in [0.5, 0.6) is 0 Å². The van der Waals surface area contributed by atoms with Gasteiger partial charge in [-0.15, -0.1) is 0 Å². The van der Waals surface area contributed by atoms with Crippen molar-refractivity contribution in [2.24, 2.45) is 5.92 Å². The van der Waals surface area contributed by atoms with E-state index in [-0.39, 0.29) is 12.6 Å². The van der Waals surface area contributed by atoms with Crippen molar-refractivity contribution in [1.82, 2.24) is 5.32 Å². The molecule has 0 saturated carbocycles. The van der Waals surface area contributed by atoms with E-state index in [1.54, 1.807) is 0 Å². The summed E-state index contributed by atoms with van der Waals surface area (Å²) in [5.41, 5.74) is 0. The van der Waals surface area contributed by atoms with Gasteiger partial charge in [-0.1, -0.05) is 6.92 Å². The number of nitrogens with one attached hydrogen (secondary N) is 1. The molecular weight excluding hydrogens is 181 g/mol. The van der Waals surface area contributed by atoms with Gasteiger partial charge in [-0.2, -0.15) is 0 Å². The molecule has 0 spiro atoms. The summed E-state index contributed by atoms with van der Waals surface area (Å²) >= 11 is 0. The van der Waals surface area contributed by atoms with Gasteiger partial charge >= 0.3 is 7.82 Å². The topological polar surface area (TPSA) is 78.8 Å². The Morgan fingerprint density at radius 2 is 2.33 bits per heavy atom. The van der Waals surface area contributed by atoms with Crippen LogP contribution in [0.3, 0.4) is 0 Å². The van der Waals surface area contributed by atoms with E-state index in [1.807, 2.05) is 0 Å². The lowest BCUT2D eigenvalue weighted by Crippen LogP contribution is -2.26. The van der Waals surface area contributed by atoms with Crippen LogP contribution in [0.15, 0.2) is 0 Å². The van der Waals surface area contributed by atoms with Gasteiger partial charge in [0, 0.05) is 6.04 Å². The predicted octanol–water partition coefficient (Wildman–Crippen LogP) is 0.0937. The van der Waals surface area contributed by atoms with Gasteiger partial charge in [0.05, 0.1) is 6.61 Å². The molecule has 1 heterocycles. The van der Waals surface area contributed by atoms with E-state index in [2.05, 4.69) is 16.8 Å². The molecule has 2 unspecified atom stereocenters. The Labute approximate surface area is 71.4 Å². The van der Waals surface area contributed by atoms with E-state index in [0.29, 0.717) is 5.92 Å². The third kappa shape index (κ3) is 3.65. The minimum absolute atomic E-state index is 0.0904. The SMILES string of the molecule is CC1CNC(COP(=O)(O)O)C1. The normalized spacial score (nSPS) is 30.9. The summed E-state index contributed by atoms with van der Waals surface area (Å²) in [6, 6.07) is 0.0904. The van der Waals surface area contributed by atoms with Crippen LogP contribution in [0.2, 0.25) is 0 Å². The van der Waals surface area contributed by atoms with Crippen molar-refractivity contribution in [3.8, 4) is 0 Å². The quantitative estimate of drug-likeness (QED) is 0.556. The van der Waals surface area contributed by atoms with E-state index < -0.39 is 7.82 Å². The summed E-state index contributed by atoms with van der Waals surface area (Å²) in [4.78, 5) is 16.8. The van der Waals surface area contributed by atoms with Gasteiger partial charge in [0.15, 0.2) is 0 Å². The lowest BCUT2D eigenvalue weighted by Gasteiger charge is -2.10. The first-order valence-corrected chi connectivity index (χ1v) is 5.44. The van der Waals surface area contributed by atoms with E-state index in [9.17, 15) is 4.57 Å². The molecule has 0 aromatic heterocycles. The predicted molar refractivity (Wildman–Crippen MR) is 43.6 cm³/mol. The molecule has 0 amide bonds. The van der Waals surface area contributed by atoms with Gasteiger partial charge in [-0.25, -0.2) is 4.57 Å². The Bertz CT molecular complexity index is 192. The van der Waals surface area contributed by atoms with Gasteiger partial charge in [0.25, 0.3) is 0 Å². The Morgan fingerprint density at radius 3 is 2.75 bits per heavy atom. The summed E-state index contributed by atoms with van der Waals surface area (Å²) in [5, 5.41) is 3.11. The van der Waals surface area contributed by atoms with Gasteiger partial charge in [-0.3, -0.25) is 4.52 Å². The molecule has 0 aromatic rings. The second-order valence-corrected chi connectivity index (χ2v) is 4.47. The molecule has 1 aliphatic rings. The summed E-state index contributed by atoms with van der Waals surface area (Å²) < 4.78 is 14.7. The van der Waals surface area contributed by atoms with Crippen LogP contribution in [-0.4, -0.2) is 29.0 Å². The Kier molecular flexibility index (Phi) is 3.26. The Morgan fingerprint density at radius 1 is 1.67 bits per heavy atom. The first kappa shape index (κ1) is 10.2. The molecule has 72 valence electrons. The zero-order chi connectivity index (χ0) is 9.19. The highest BCUT2D eigenvalue weighted by Gasteiger charge is 2.23. The maximum Gasteiger partial charge on any atom is 0.469 e. The van der Waals surface area contributed by atoms with Crippen molar-refractivity contribution in [3.63, 3.8) is 0 Å². The molecule has 1 saturated heterocycles. The smallest absolute Gasteiger partial charge is 0.311 e. The van der Waals surface area contributed by atoms with E-state index in [1.165, 1.54) is 0 Å². The first-order chi connectivity index (χ1) is 5.47. The summed E-state index contributed by atoms with van der Waals surface area (Å²) in [6.45, 7) is 3.08. The van der Waals surface area contributed by atoms with E-state index >= 15 is 0 Å². The standard InChI is InChI=1S/C6H14NO4P/c1-5-2-6(7-3-5)4-11-12(8,9)10/h5-7H,2-4H2,1H3,(H2,8,9,10).